The molecule has 4 rings (SSSR count). The number of nitrogens with one attached hydrogen (secondary N) is 1. The molecule has 0 bridgehead atoms. The van der Waals surface area contributed by atoms with Crippen LogP contribution >= 0.6 is 0 Å². The summed E-state index contributed by atoms with van der Waals surface area (Å²) in [7, 11) is 0. The molecular formula is C26H18F6N2O2. The molecule has 0 saturated carbocycles. The van der Waals surface area contributed by atoms with Crippen molar-refractivity contribution >= 4 is 29.0 Å². The van der Waals surface area contributed by atoms with Crippen molar-refractivity contribution in [1.29, 1.82) is 0 Å². The van der Waals surface area contributed by atoms with Crippen LogP contribution in [-0.2, 0) is 0 Å². The van der Waals surface area contributed by atoms with Crippen LogP contribution in [0.25, 0.3) is 34.3 Å². The second-order valence-electron chi connectivity index (χ2n) is 7.94. The standard InChI is InChI=1S/C26H18F6N2O2/c1-15(35)19-4-2-3-5-20(19)17-9-12-21-22(14-17)34-23(33-21)13-8-16-6-10-18(11-7-16)36-24(25(27,28)29)26(30,31)32/h2-14,24H,1H3,(H,33,34)/b13-8+. The summed E-state index contributed by atoms with van der Waals surface area (Å²) in [6.45, 7) is 1.50. The van der Waals surface area contributed by atoms with Crippen molar-refractivity contribution in [3.05, 3.63) is 83.7 Å². The Morgan fingerprint density at radius 3 is 2.22 bits per heavy atom. The zero-order chi connectivity index (χ0) is 26.1. The van der Waals surface area contributed by atoms with Crippen LogP contribution in [0.5, 0.6) is 5.75 Å². The summed E-state index contributed by atoms with van der Waals surface area (Å²) < 4.78 is 80.2. The van der Waals surface area contributed by atoms with Gasteiger partial charge in [0.25, 0.3) is 6.10 Å². The summed E-state index contributed by atoms with van der Waals surface area (Å²) in [5.74, 6) is -0.131. The number of hydrogen-bond donors (Lipinski definition) is 1. The van der Waals surface area contributed by atoms with Crippen molar-refractivity contribution in [1.82, 2.24) is 9.97 Å². The Bertz CT molecular complexity index is 1410. The minimum absolute atomic E-state index is 0.0531. The summed E-state index contributed by atoms with van der Waals surface area (Å²) in [4.78, 5) is 19.5. The number of hydrogen-bond acceptors (Lipinski definition) is 3. The third-order valence-electron chi connectivity index (χ3n) is 5.28. The van der Waals surface area contributed by atoms with Crippen molar-refractivity contribution in [2.75, 3.05) is 0 Å². The molecular weight excluding hydrogens is 486 g/mol. The lowest BCUT2D eigenvalue weighted by molar-refractivity contribution is -0.299. The third-order valence-corrected chi connectivity index (χ3v) is 5.28. The third kappa shape index (κ3) is 5.59. The zero-order valence-corrected chi connectivity index (χ0v) is 18.6. The van der Waals surface area contributed by atoms with Crippen LogP contribution < -0.4 is 4.74 Å². The van der Waals surface area contributed by atoms with E-state index in [1.54, 1.807) is 30.4 Å². The topological polar surface area (TPSA) is 55.0 Å². The Balaban J connectivity index is 1.52. The molecule has 3 aromatic carbocycles. The quantitative estimate of drug-likeness (QED) is 0.219. The lowest BCUT2D eigenvalue weighted by atomic mass is 9.97. The van der Waals surface area contributed by atoms with Crippen LogP contribution in [0.3, 0.4) is 0 Å². The second kappa shape index (κ2) is 9.52. The van der Waals surface area contributed by atoms with Crippen molar-refractivity contribution in [2.45, 2.75) is 25.4 Å². The minimum Gasteiger partial charge on any atom is -0.471 e. The minimum atomic E-state index is -5.59. The van der Waals surface area contributed by atoms with E-state index >= 15 is 0 Å². The zero-order valence-electron chi connectivity index (χ0n) is 18.6. The predicted octanol–water partition coefficient (Wildman–Crippen LogP) is 7.47. The molecule has 1 N–H and O–H groups in total. The molecule has 0 saturated heterocycles. The van der Waals surface area contributed by atoms with Gasteiger partial charge in [-0.25, -0.2) is 4.98 Å². The van der Waals surface area contributed by atoms with E-state index in [1.807, 2.05) is 24.3 Å². The van der Waals surface area contributed by atoms with Gasteiger partial charge in [0.15, 0.2) is 5.78 Å². The van der Waals surface area contributed by atoms with Crippen LogP contribution in [0.4, 0.5) is 26.3 Å². The molecule has 0 atom stereocenters. The van der Waals surface area contributed by atoms with E-state index in [0.717, 1.165) is 28.8 Å². The molecule has 0 aliphatic heterocycles. The number of rotatable bonds is 6. The maximum absolute atomic E-state index is 12.7. The molecule has 0 aliphatic carbocycles. The van der Waals surface area contributed by atoms with E-state index in [-0.39, 0.29) is 5.78 Å². The smallest absolute Gasteiger partial charge is 0.434 e. The van der Waals surface area contributed by atoms with Crippen LogP contribution in [-0.4, -0.2) is 34.2 Å². The van der Waals surface area contributed by atoms with E-state index in [1.165, 1.54) is 19.1 Å². The molecule has 0 unspecified atom stereocenters. The average molecular weight is 504 g/mol. The van der Waals surface area contributed by atoms with Gasteiger partial charge in [-0.1, -0.05) is 48.5 Å². The number of aromatic amines is 1. The number of benzene rings is 3. The molecule has 10 heteroatoms. The molecule has 1 heterocycles. The van der Waals surface area contributed by atoms with Gasteiger partial charge in [0, 0.05) is 5.56 Å². The maximum Gasteiger partial charge on any atom is 0.434 e. The van der Waals surface area contributed by atoms with Gasteiger partial charge in [-0.3, -0.25) is 4.79 Å². The van der Waals surface area contributed by atoms with Gasteiger partial charge >= 0.3 is 12.4 Å². The lowest BCUT2D eigenvalue weighted by Gasteiger charge is -2.23. The molecule has 186 valence electrons. The fourth-order valence-corrected chi connectivity index (χ4v) is 3.61. The maximum atomic E-state index is 12.7. The van der Waals surface area contributed by atoms with E-state index in [4.69, 9.17) is 0 Å². The van der Waals surface area contributed by atoms with E-state index in [2.05, 4.69) is 14.7 Å². The number of carbonyl (C=O) groups is 1. The number of alkyl halides is 6. The highest BCUT2D eigenvalue weighted by Gasteiger charge is 2.59. The number of ketones is 1. The number of halogens is 6. The first kappa shape index (κ1) is 25.0. The van der Waals surface area contributed by atoms with Crippen molar-refractivity contribution < 1.29 is 35.9 Å². The largest absolute Gasteiger partial charge is 0.471 e. The Labute approximate surface area is 201 Å². The summed E-state index contributed by atoms with van der Waals surface area (Å²) in [5, 5.41) is 0. The van der Waals surface area contributed by atoms with Crippen molar-refractivity contribution in [3.63, 3.8) is 0 Å². The molecule has 0 radical (unpaired) electrons. The fraction of sp³-hybridized carbons (Fsp3) is 0.154. The summed E-state index contributed by atoms with van der Waals surface area (Å²) in [6, 6.07) is 17.5. The van der Waals surface area contributed by atoms with Gasteiger partial charge in [-0.2, -0.15) is 26.3 Å². The van der Waals surface area contributed by atoms with Gasteiger partial charge in [-0.05, 0) is 54.0 Å². The fourth-order valence-electron chi connectivity index (χ4n) is 3.61. The number of imidazole rings is 1. The second-order valence-corrected chi connectivity index (χ2v) is 7.94. The van der Waals surface area contributed by atoms with Crippen LogP contribution in [0, 0.1) is 0 Å². The molecule has 0 amide bonds. The van der Waals surface area contributed by atoms with E-state index < -0.39 is 24.2 Å². The number of Topliss-reactive ketones (excluding diaryl/α,β-unsaturated/α-hetero) is 1. The number of nitrogens with zero attached hydrogens (tertiary/aromatic N) is 1. The molecule has 0 spiro atoms. The van der Waals surface area contributed by atoms with E-state index in [9.17, 15) is 31.1 Å². The summed E-state index contributed by atoms with van der Waals surface area (Å²) in [5.41, 5.74) is 4.13. The number of fused-ring (bicyclic) bond motifs is 1. The SMILES string of the molecule is CC(=O)c1ccccc1-c1ccc2nc(/C=C/c3ccc(OC(C(F)(F)F)C(F)(F)F)cc3)[nH]c2c1. The highest BCUT2D eigenvalue weighted by molar-refractivity contribution is 6.01. The lowest BCUT2D eigenvalue weighted by Crippen LogP contribution is -2.46. The van der Waals surface area contributed by atoms with Gasteiger partial charge < -0.3 is 9.72 Å². The van der Waals surface area contributed by atoms with Gasteiger partial charge in [0.05, 0.1) is 11.0 Å². The number of carbonyl (C=O) groups excluding carboxylic acids is 1. The van der Waals surface area contributed by atoms with Gasteiger partial charge in [-0.15, -0.1) is 0 Å². The van der Waals surface area contributed by atoms with Crippen LogP contribution in [0.15, 0.2) is 66.7 Å². The first-order valence-corrected chi connectivity index (χ1v) is 10.6. The molecule has 1 aromatic heterocycles. The average Bonchev–Trinajstić information content (AvgIpc) is 3.22. The Hall–Kier alpha value is -4.08. The Morgan fingerprint density at radius 2 is 1.58 bits per heavy atom. The predicted molar refractivity (Wildman–Crippen MR) is 123 cm³/mol. The molecule has 36 heavy (non-hydrogen) atoms. The highest BCUT2D eigenvalue weighted by Crippen LogP contribution is 2.36. The van der Waals surface area contributed by atoms with Crippen LogP contribution in [0.1, 0.15) is 28.7 Å². The number of H-pyrrole nitrogens is 1. The molecule has 0 aliphatic rings. The van der Waals surface area contributed by atoms with Crippen LogP contribution in [0.2, 0.25) is 0 Å². The van der Waals surface area contributed by atoms with E-state index in [0.29, 0.717) is 22.5 Å². The van der Waals surface area contributed by atoms with Gasteiger partial charge in [0.2, 0.25) is 0 Å². The Morgan fingerprint density at radius 1 is 0.917 bits per heavy atom. The molecule has 4 aromatic rings. The number of aromatic nitrogens is 2. The summed E-state index contributed by atoms with van der Waals surface area (Å²) >= 11 is 0. The molecule has 0 fully saturated rings. The monoisotopic (exact) mass is 504 g/mol. The molecule has 4 nitrogen and oxygen atoms in total. The van der Waals surface area contributed by atoms with Crippen molar-refractivity contribution in [3.8, 4) is 16.9 Å². The number of ether oxygens (including phenoxy) is 1. The Kier molecular flexibility index (Phi) is 6.62. The first-order chi connectivity index (χ1) is 16.9. The normalized spacial score (nSPS) is 12.6. The summed E-state index contributed by atoms with van der Waals surface area (Å²) in [6.07, 6.45) is -11.9. The first-order valence-electron chi connectivity index (χ1n) is 10.6. The van der Waals surface area contributed by atoms with Crippen molar-refractivity contribution in [2.24, 2.45) is 0 Å². The van der Waals surface area contributed by atoms with Gasteiger partial charge in [0.1, 0.15) is 11.6 Å². The highest BCUT2D eigenvalue weighted by atomic mass is 19.4.